The summed E-state index contributed by atoms with van der Waals surface area (Å²) < 4.78 is 11.0. The Balaban J connectivity index is 2.12. The van der Waals surface area contributed by atoms with Crippen molar-refractivity contribution in [2.75, 3.05) is 39.4 Å². The van der Waals surface area contributed by atoms with Crippen molar-refractivity contribution in [2.24, 2.45) is 11.8 Å². The number of hydrogen-bond acceptors (Lipinski definition) is 6. The second-order valence-corrected chi connectivity index (χ2v) is 8.23. The minimum Gasteiger partial charge on any atom is -0.494 e. The van der Waals surface area contributed by atoms with Gasteiger partial charge >= 0.3 is 0 Å². The summed E-state index contributed by atoms with van der Waals surface area (Å²) in [5, 5.41) is 6.63. The normalized spacial score (nSPS) is 12.7. The van der Waals surface area contributed by atoms with Crippen LogP contribution in [0.5, 0.6) is 11.5 Å². The third-order valence-corrected chi connectivity index (χ3v) is 5.79. The van der Waals surface area contributed by atoms with Crippen molar-refractivity contribution in [2.45, 2.75) is 40.5 Å². The van der Waals surface area contributed by atoms with Crippen molar-refractivity contribution in [3.05, 3.63) is 59.7 Å². The molecule has 0 heterocycles. The molecule has 2 N–H and O–H groups in total. The molecule has 0 fully saturated rings. The number of rotatable bonds is 17. The molecule has 0 aliphatic rings. The maximum Gasteiger partial charge on any atom is 0.167 e. The average molecular weight is 469 g/mol. The van der Waals surface area contributed by atoms with Crippen LogP contribution in [0.15, 0.2) is 48.5 Å². The Morgan fingerprint density at radius 2 is 1.00 bits per heavy atom. The number of hydrogen-bond donors (Lipinski definition) is 2. The lowest BCUT2D eigenvalue weighted by Gasteiger charge is -2.21. The maximum absolute atomic E-state index is 13.3. The number of carbonyl (C=O) groups is 2. The van der Waals surface area contributed by atoms with Gasteiger partial charge in [-0.25, -0.2) is 0 Å². The van der Waals surface area contributed by atoms with Crippen molar-refractivity contribution in [3.63, 3.8) is 0 Å². The van der Waals surface area contributed by atoms with Crippen LogP contribution in [-0.2, 0) is 0 Å². The van der Waals surface area contributed by atoms with E-state index in [-0.39, 0.29) is 23.4 Å². The van der Waals surface area contributed by atoms with Gasteiger partial charge in [-0.05, 0) is 88.3 Å². The Kier molecular flexibility index (Phi) is 12.4. The van der Waals surface area contributed by atoms with E-state index in [0.29, 0.717) is 50.3 Å². The molecule has 34 heavy (non-hydrogen) atoms. The monoisotopic (exact) mass is 468 g/mol. The van der Waals surface area contributed by atoms with Crippen LogP contribution in [0.3, 0.4) is 0 Å². The van der Waals surface area contributed by atoms with E-state index in [2.05, 4.69) is 10.6 Å². The van der Waals surface area contributed by atoms with Gasteiger partial charge in [-0.15, -0.1) is 0 Å². The molecule has 0 bridgehead atoms. The first-order valence-electron chi connectivity index (χ1n) is 12.5. The lowest BCUT2D eigenvalue weighted by Crippen LogP contribution is -2.32. The summed E-state index contributed by atoms with van der Waals surface area (Å²) in [6.45, 7) is 11.9. The van der Waals surface area contributed by atoms with Gasteiger partial charge in [-0.1, -0.05) is 13.8 Å². The fourth-order valence-corrected chi connectivity index (χ4v) is 3.93. The third-order valence-electron chi connectivity index (χ3n) is 5.79. The zero-order chi connectivity index (χ0) is 24.8. The average Bonchev–Trinajstić information content (AvgIpc) is 2.86. The van der Waals surface area contributed by atoms with Crippen LogP contribution in [-0.4, -0.2) is 51.0 Å². The van der Waals surface area contributed by atoms with Crippen molar-refractivity contribution in [1.29, 1.82) is 0 Å². The fourth-order valence-electron chi connectivity index (χ4n) is 3.93. The van der Waals surface area contributed by atoms with Gasteiger partial charge in [0.05, 0.1) is 13.2 Å². The molecule has 0 aromatic heterocycles. The highest BCUT2D eigenvalue weighted by Crippen LogP contribution is 2.23. The van der Waals surface area contributed by atoms with E-state index in [1.54, 1.807) is 0 Å². The zero-order valence-corrected chi connectivity index (χ0v) is 21.1. The smallest absolute Gasteiger partial charge is 0.167 e. The molecule has 0 amide bonds. The van der Waals surface area contributed by atoms with E-state index in [1.807, 2.05) is 76.2 Å². The SMILES string of the molecule is CCNCC(CCC(CNCC)C(=O)c1ccc(OCC)cc1)C(=O)c1ccc(OCC)cc1. The highest BCUT2D eigenvalue weighted by molar-refractivity contribution is 5.99. The van der Waals surface area contributed by atoms with Gasteiger partial charge in [0, 0.05) is 36.1 Å². The molecule has 2 rings (SSSR count). The van der Waals surface area contributed by atoms with E-state index >= 15 is 0 Å². The number of carbonyl (C=O) groups excluding carboxylic acids is 2. The first-order chi connectivity index (χ1) is 16.5. The third kappa shape index (κ3) is 8.58. The minimum atomic E-state index is -0.199. The molecule has 186 valence electrons. The quantitative estimate of drug-likeness (QED) is 0.325. The maximum atomic E-state index is 13.3. The molecule has 2 aromatic rings. The zero-order valence-electron chi connectivity index (χ0n) is 21.1. The standard InChI is InChI=1S/C28H40N2O4/c1-5-29-19-23(27(31)21-11-15-25(16-12-21)33-7-3)9-10-24(20-30-6-2)28(32)22-13-17-26(18-14-22)34-8-4/h11-18,23-24,29-30H,5-10,19-20H2,1-4H3. The molecule has 2 aromatic carbocycles. The molecule has 2 atom stereocenters. The van der Waals surface area contributed by atoms with Crippen LogP contribution in [0.25, 0.3) is 0 Å². The lowest BCUT2D eigenvalue weighted by atomic mass is 9.86. The predicted molar refractivity (Wildman–Crippen MR) is 137 cm³/mol. The Hall–Kier alpha value is -2.70. The van der Waals surface area contributed by atoms with Gasteiger partial charge in [0.2, 0.25) is 0 Å². The van der Waals surface area contributed by atoms with E-state index in [1.165, 1.54) is 0 Å². The molecule has 0 aliphatic carbocycles. The molecule has 6 nitrogen and oxygen atoms in total. The first-order valence-corrected chi connectivity index (χ1v) is 12.5. The van der Waals surface area contributed by atoms with E-state index in [0.717, 1.165) is 24.6 Å². The number of benzene rings is 2. The van der Waals surface area contributed by atoms with E-state index in [9.17, 15) is 9.59 Å². The highest BCUT2D eigenvalue weighted by atomic mass is 16.5. The summed E-state index contributed by atoms with van der Waals surface area (Å²) in [4.78, 5) is 26.6. The van der Waals surface area contributed by atoms with E-state index in [4.69, 9.17) is 9.47 Å². The molecule has 0 radical (unpaired) electrons. The van der Waals surface area contributed by atoms with Crippen molar-refractivity contribution < 1.29 is 19.1 Å². The number of ketones is 2. The molecule has 2 unspecified atom stereocenters. The second-order valence-electron chi connectivity index (χ2n) is 8.23. The highest BCUT2D eigenvalue weighted by Gasteiger charge is 2.25. The van der Waals surface area contributed by atoms with Gasteiger partial charge in [0.1, 0.15) is 11.5 Å². The van der Waals surface area contributed by atoms with Crippen LogP contribution in [0.4, 0.5) is 0 Å². The topological polar surface area (TPSA) is 76.7 Å². The van der Waals surface area contributed by atoms with Crippen molar-refractivity contribution in [1.82, 2.24) is 10.6 Å². The van der Waals surface area contributed by atoms with Gasteiger partial charge in [-0.3, -0.25) is 9.59 Å². The number of ether oxygens (including phenoxy) is 2. The number of Topliss-reactive ketones (excluding diaryl/α,β-unsaturated/α-hetero) is 2. The van der Waals surface area contributed by atoms with Crippen LogP contribution in [0, 0.1) is 11.8 Å². The molecular formula is C28H40N2O4. The largest absolute Gasteiger partial charge is 0.494 e. The lowest BCUT2D eigenvalue weighted by molar-refractivity contribution is 0.0865. The minimum absolute atomic E-state index is 0.0970. The molecule has 0 saturated carbocycles. The summed E-state index contributed by atoms with van der Waals surface area (Å²) in [7, 11) is 0. The fraction of sp³-hybridized carbons (Fsp3) is 0.500. The number of nitrogens with one attached hydrogen (secondary N) is 2. The van der Waals surface area contributed by atoms with Gasteiger partial charge in [0.15, 0.2) is 11.6 Å². The van der Waals surface area contributed by atoms with Crippen LogP contribution in [0.2, 0.25) is 0 Å². The summed E-state index contributed by atoms with van der Waals surface area (Å²) >= 11 is 0. The van der Waals surface area contributed by atoms with Gasteiger partial charge < -0.3 is 20.1 Å². The predicted octanol–water partition coefficient (Wildman–Crippen LogP) is 4.78. The van der Waals surface area contributed by atoms with Crippen molar-refractivity contribution >= 4 is 11.6 Å². The second kappa shape index (κ2) is 15.3. The molecule has 6 heteroatoms. The van der Waals surface area contributed by atoms with Crippen LogP contribution in [0.1, 0.15) is 61.3 Å². The first kappa shape index (κ1) is 27.5. The Labute approximate surface area is 204 Å². The Morgan fingerprint density at radius 1 is 0.647 bits per heavy atom. The van der Waals surface area contributed by atoms with Crippen LogP contribution < -0.4 is 20.1 Å². The van der Waals surface area contributed by atoms with Crippen LogP contribution >= 0.6 is 0 Å². The summed E-state index contributed by atoms with van der Waals surface area (Å²) in [5.41, 5.74) is 1.35. The summed E-state index contributed by atoms with van der Waals surface area (Å²) in [6, 6.07) is 14.7. The summed E-state index contributed by atoms with van der Waals surface area (Å²) in [5.74, 6) is 1.31. The molecule has 0 aliphatic heterocycles. The van der Waals surface area contributed by atoms with Gasteiger partial charge in [0.25, 0.3) is 0 Å². The van der Waals surface area contributed by atoms with Crippen molar-refractivity contribution in [3.8, 4) is 11.5 Å². The Morgan fingerprint density at radius 3 is 1.29 bits per heavy atom. The molecule has 0 spiro atoms. The summed E-state index contributed by atoms with van der Waals surface area (Å²) in [6.07, 6.45) is 1.27. The Bertz CT molecular complexity index is 791. The van der Waals surface area contributed by atoms with Gasteiger partial charge in [-0.2, -0.15) is 0 Å². The molecular weight excluding hydrogens is 428 g/mol. The van der Waals surface area contributed by atoms with E-state index < -0.39 is 0 Å². The molecule has 0 saturated heterocycles.